The molecule has 43 heavy (non-hydrogen) atoms. The first kappa shape index (κ1) is 40.7. The van der Waals surface area contributed by atoms with Crippen LogP contribution in [0.25, 0.3) is 0 Å². The first-order valence-electron chi connectivity index (χ1n) is 16.6. The van der Waals surface area contributed by atoms with Crippen LogP contribution in [-0.4, -0.2) is 84.1 Å². The number of nitrogens with zero attached hydrogens (tertiary/aromatic N) is 1. The van der Waals surface area contributed by atoms with E-state index in [-0.39, 0.29) is 12.7 Å². The lowest BCUT2D eigenvalue weighted by atomic mass is 9.98. The molecule has 0 aromatic rings. The quantitative estimate of drug-likeness (QED) is 0.116. The van der Waals surface area contributed by atoms with Crippen LogP contribution in [0.4, 0.5) is 0 Å². The van der Waals surface area contributed by atoms with Gasteiger partial charge in [-0.2, -0.15) is 0 Å². The average Bonchev–Trinajstić information content (AvgIpc) is 2.78. The van der Waals surface area contributed by atoms with Gasteiger partial charge in [-0.05, 0) is 73.7 Å². The van der Waals surface area contributed by atoms with Gasteiger partial charge >= 0.3 is 6.08 Å². The van der Waals surface area contributed by atoms with Crippen LogP contribution in [-0.2, 0) is 22.8 Å². The lowest BCUT2D eigenvalue weighted by Crippen LogP contribution is -2.64. The summed E-state index contributed by atoms with van der Waals surface area (Å²) in [5, 5.41) is 23.5. The molecule has 5 atom stereocenters. The van der Waals surface area contributed by atoms with Gasteiger partial charge in [0.15, 0.2) is 14.6 Å². The third kappa shape index (κ3) is 10.1. The maximum absolute atomic E-state index is 12.1. The van der Waals surface area contributed by atoms with Crippen molar-refractivity contribution in [1.29, 1.82) is 0 Å². The lowest BCUT2D eigenvalue weighted by Gasteiger charge is -2.51. The molecule has 0 bridgehead atoms. The number of aliphatic imine (C=N–C) groups is 1. The molecule has 1 aliphatic heterocycles. The highest BCUT2D eigenvalue weighted by atomic mass is 28.4. The van der Waals surface area contributed by atoms with Crippen molar-refractivity contribution in [2.45, 2.75) is 193 Å². The summed E-state index contributed by atoms with van der Waals surface area (Å²) in [6, 6.07) is -1.05. The van der Waals surface area contributed by atoms with Gasteiger partial charge in [0, 0.05) is 0 Å². The van der Waals surface area contributed by atoms with Crippen LogP contribution in [0.2, 0.25) is 52.9 Å². The second-order valence-corrected chi connectivity index (χ2v) is 31.7. The fraction of sp³-hybridized carbons (Fsp3) is 0.969. The summed E-state index contributed by atoms with van der Waals surface area (Å²) in [6.45, 7) is 39.0. The van der Waals surface area contributed by atoms with Crippen molar-refractivity contribution in [3.63, 3.8) is 0 Å². The van der Waals surface area contributed by atoms with Gasteiger partial charge < -0.3 is 33.0 Å². The minimum atomic E-state index is -2.48. The van der Waals surface area contributed by atoms with Crippen LogP contribution in [0.15, 0.2) is 4.99 Å². The first-order chi connectivity index (χ1) is 19.3. The number of hydrogen-bond donors (Lipinski definition) is 2. The van der Waals surface area contributed by atoms with Gasteiger partial charge in [-0.3, -0.25) is 0 Å². The molecule has 256 valence electrons. The summed E-state index contributed by atoms with van der Waals surface area (Å²) >= 11 is 0. The molecule has 1 saturated heterocycles. The number of ether oxygens (including phenoxy) is 2. The largest absolute Gasteiger partial charge is 0.506 e. The molecule has 0 spiro atoms. The Morgan fingerprint density at radius 3 is 1.51 bits per heavy atom. The van der Waals surface area contributed by atoms with Gasteiger partial charge in [-0.1, -0.05) is 83.1 Å². The first-order valence-corrected chi connectivity index (χ1v) is 24.3. The molecular weight excluding hydrogens is 595 g/mol. The number of rotatable bonds is 13. The van der Waals surface area contributed by atoms with Gasteiger partial charge in [-0.25, -0.2) is 4.99 Å². The molecule has 1 aliphatic rings. The molecule has 2 N–H and O–H groups in total. The molecule has 0 aromatic carbocycles. The van der Waals surface area contributed by atoms with Gasteiger partial charge in [0.1, 0.15) is 30.0 Å². The minimum Gasteiger partial charge on any atom is -0.506 e. The highest BCUT2D eigenvalue weighted by molar-refractivity contribution is 6.78. The summed E-state index contributed by atoms with van der Waals surface area (Å²) in [5.41, 5.74) is 1.45. The lowest BCUT2D eigenvalue weighted by molar-refractivity contribution is -0.244. The van der Waals surface area contributed by atoms with E-state index in [1.165, 1.54) is 0 Å². The Labute approximate surface area is 268 Å². The van der Waals surface area contributed by atoms with Gasteiger partial charge in [0.05, 0.1) is 6.61 Å². The second kappa shape index (κ2) is 15.5. The number of hydrogen-bond acceptors (Lipinski definition) is 8. The van der Waals surface area contributed by atoms with E-state index < -0.39 is 61.2 Å². The SMILES string of the molecule is CC(C)[Si](OC[C@@H]1OC(O)[C@H](N=C(OC(C)(C)C)O[Si](C)(C)C)[C@H](O)[C@H]1O[Si](C(C)C)(C(C)C)C(C)C)(C(C)C)C(C)C. The van der Waals surface area contributed by atoms with Crippen LogP contribution in [0.3, 0.4) is 0 Å². The summed E-state index contributed by atoms with van der Waals surface area (Å²) in [6.07, 6.45) is -3.87. The van der Waals surface area contributed by atoms with Gasteiger partial charge in [-0.15, -0.1) is 0 Å². The molecule has 1 heterocycles. The second-order valence-electron chi connectivity index (χ2n) is 16.4. The van der Waals surface area contributed by atoms with E-state index in [0.717, 1.165) is 0 Å². The Kier molecular flexibility index (Phi) is 14.7. The summed E-state index contributed by atoms with van der Waals surface area (Å²) in [7, 11) is -6.86. The topological polar surface area (TPSA) is 99.0 Å². The third-order valence-corrected chi connectivity index (χ3v) is 21.9. The normalized spacial score (nSPS) is 25.2. The minimum absolute atomic E-state index is 0.0674. The van der Waals surface area contributed by atoms with Crippen LogP contribution in [0.1, 0.15) is 104 Å². The van der Waals surface area contributed by atoms with Crippen molar-refractivity contribution < 1.29 is 33.0 Å². The zero-order valence-electron chi connectivity index (χ0n) is 30.9. The molecule has 0 amide bonds. The fourth-order valence-electron chi connectivity index (χ4n) is 7.43. The van der Waals surface area contributed by atoms with Crippen molar-refractivity contribution >= 4 is 31.0 Å². The Bertz CT molecular complexity index is 820. The van der Waals surface area contributed by atoms with E-state index >= 15 is 0 Å². The molecule has 0 saturated carbocycles. The molecule has 11 heteroatoms. The van der Waals surface area contributed by atoms with Crippen LogP contribution in [0, 0.1) is 0 Å². The van der Waals surface area contributed by atoms with E-state index in [9.17, 15) is 10.2 Å². The molecular formula is C32H69NO7Si3. The monoisotopic (exact) mass is 663 g/mol. The average molecular weight is 664 g/mol. The molecule has 0 radical (unpaired) electrons. The highest BCUT2D eigenvalue weighted by Gasteiger charge is 2.54. The Balaban J connectivity index is 3.73. The summed E-state index contributed by atoms with van der Waals surface area (Å²) < 4.78 is 32.9. The van der Waals surface area contributed by atoms with Gasteiger partial charge in [0.2, 0.25) is 16.6 Å². The number of aliphatic hydroxyl groups is 2. The Morgan fingerprint density at radius 2 is 1.16 bits per heavy atom. The van der Waals surface area contributed by atoms with Crippen molar-refractivity contribution in [1.82, 2.24) is 0 Å². The third-order valence-electron chi connectivity index (χ3n) is 8.95. The fourth-order valence-corrected chi connectivity index (χ4v) is 19.1. The maximum atomic E-state index is 12.1. The Hall–Kier alpha value is -0.279. The molecule has 1 unspecified atom stereocenters. The van der Waals surface area contributed by atoms with E-state index in [4.69, 9.17) is 27.7 Å². The van der Waals surface area contributed by atoms with Crippen LogP contribution >= 0.6 is 0 Å². The highest BCUT2D eigenvalue weighted by Crippen LogP contribution is 2.46. The molecule has 0 aliphatic carbocycles. The maximum Gasteiger partial charge on any atom is 0.370 e. The Morgan fingerprint density at radius 1 is 0.744 bits per heavy atom. The van der Waals surface area contributed by atoms with Gasteiger partial charge in [0.25, 0.3) is 0 Å². The smallest absolute Gasteiger partial charge is 0.370 e. The molecule has 1 rings (SSSR count). The predicted molar refractivity (Wildman–Crippen MR) is 186 cm³/mol. The number of aliphatic hydroxyl groups excluding tert-OH is 2. The van der Waals surface area contributed by atoms with Crippen molar-refractivity contribution in [3.8, 4) is 0 Å². The van der Waals surface area contributed by atoms with E-state index in [0.29, 0.717) is 33.2 Å². The molecule has 0 aromatic heterocycles. The van der Waals surface area contributed by atoms with E-state index in [1.807, 2.05) is 40.4 Å². The van der Waals surface area contributed by atoms with Crippen LogP contribution in [0.5, 0.6) is 0 Å². The summed E-state index contributed by atoms with van der Waals surface area (Å²) in [5.74, 6) is 0. The predicted octanol–water partition coefficient (Wildman–Crippen LogP) is 8.21. The molecule has 1 fully saturated rings. The van der Waals surface area contributed by atoms with Crippen LogP contribution < -0.4 is 0 Å². The van der Waals surface area contributed by atoms with Crippen molar-refractivity contribution in [3.05, 3.63) is 0 Å². The van der Waals surface area contributed by atoms with E-state index in [1.54, 1.807) is 0 Å². The standard InChI is InChI=1S/C32H69NO7Si3/c1-20(2)42(21(3)4,22(5)6)36-19-26-29(39-43(23(7)8,24(9)10)25(11)12)28(34)27(30(35)37-26)33-31(38-32(13,14)15)40-41(16,17)18/h20-30,34-35H,19H2,1-18H3/t26-,27+,28-,29-,30?/m0/s1. The van der Waals surface area contributed by atoms with Crippen molar-refractivity contribution in [2.24, 2.45) is 4.99 Å². The zero-order valence-corrected chi connectivity index (χ0v) is 33.9. The molecule has 8 nitrogen and oxygen atoms in total. The summed E-state index contributed by atoms with van der Waals surface area (Å²) in [4.78, 5) is 4.70. The zero-order chi connectivity index (χ0) is 33.9. The van der Waals surface area contributed by atoms with Crippen molar-refractivity contribution in [2.75, 3.05) is 6.61 Å². The van der Waals surface area contributed by atoms with E-state index in [2.05, 4.69) is 83.1 Å².